The van der Waals surface area contributed by atoms with Crippen molar-refractivity contribution in [1.29, 1.82) is 0 Å². The van der Waals surface area contributed by atoms with Gasteiger partial charge in [-0.1, -0.05) is 18.2 Å². The molecule has 4 N–H and O–H groups in total. The lowest BCUT2D eigenvalue weighted by atomic mass is 10.1. The standard InChI is InChI=1S/C22H25N5O4/c1-2-31-19(28)10-7-15-4-3-11-24-20(15)27-22(30)18-12-17(18)21(29)26-16-8-5-14(6-9-16)13-25-23/h3-6,8-9,11,13,17-18H,2,7,10,12,23H2,1H3,(H,26,29)(H,24,27,30). The van der Waals surface area contributed by atoms with E-state index in [1.165, 1.54) is 6.21 Å². The Bertz CT molecular complexity index is 974. The second-order valence-corrected chi connectivity index (χ2v) is 7.14. The first-order valence-electron chi connectivity index (χ1n) is 10.1. The third-order valence-electron chi connectivity index (χ3n) is 4.90. The summed E-state index contributed by atoms with van der Waals surface area (Å²) in [6.45, 7) is 2.08. The zero-order valence-electron chi connectivity index (χ0n) is 17.2. The van der Waals surface area contributed by atoms with Crippen LogP contribution in [0.4, 0.5) is 11.5 Å². The average molecular weight is 423 g/mol. The first-order valence-corrected chi connectivity index (χ1v) is 10.1. The molecule has 1 aliphatic rings. The number of hydrazone groups is 1. The molecule has 0 aliphatic heterocycles. The van der Waals surface area contributed by atoms with E-state index in [-0.39, 0.29) is 24.2 Å². The molecule has 0 spiro atoms. The number of anilines is 2. The molecule has 1 aliphatic carbocycles. The topological polar surface area (TPSA) is 136 Å². The van der Waals surface area contributed by atoms with Crippen LogP contribution in [0, 0.1) is 11.8 Å². The second-order valence-electron chi connectivity index (χ2n) is 7.14. The Hall–Kier alpha value is -3.75. The molecule has 9 heteroatoms. The van der Waals surface area contributed by atoms with Crippen LogP contribution in [0.25, 0.3) is 0 Å². The van der Waals surface area contributed by atoms with Crippen molar-refractivity contribution in [3.8, 4) is 0 Å². The third kappa shape index (κ3) is 6.11. The van der Waals surface area contributed by atoms with Gasteiger partial charge in [0.05, 0.1) is 24.7 Å². The van der Waals surface area contributed by atoms with Gasteiger partial charge in [0.2, 0.25) is 11.8 Å². The zero-order valence-corrected chi connectivity index (χ0v) is 17.2. The molecule has 1 aromatic carbocycles. The molecule has 1 fully saturated rings. The molecular formula is C22H25N5O4. The maximum absolute atomic E-state index is 12.6. The minimum absolute atomic E-state index is 0.201. The lowest BCUT2D eigenvalue weighted by Crippen LogP contribution is -2.21. The number of benzene rings is 1. The van der Waals surface area contributed by atoms with Gasteiger partial charge in [-0.05, 0) is 49.1 Å². The van der Waals surface area contributed by atoms with Crippen molar-refractivity contribution in [2.24, 2.45) is 22.8 Å². The van der Waals surface area contributed by atoms with Gasteiger partial charge in [-0.25, -0.2) is 4.98 Å². The van der Waals surface area contributed by atoms with Gasteiger partial charge < -0.3 is 21.2 Å². The van der Waals surface area contributed by atoms with Gasteiger partial charge in [-0.2, -0.15) is 5.10 Å². The number of nitrogens with two attached hydrogens (primary N) is 1. The van der Waals surface area contributed by atoms with Gasteiger partial charge in [0.25, 0.3) is 0 Å². The first kappa shape index (κ1) is 21.9. The number of nitrogens with zero attached hydrogens (tertiary/aromatic N) is 2. The highest BCUT2D eigenvalue weighted by Crippen LogP contribution is 2.40. The second kappa shape index (κ2) is 10.3. The number of ether oxygens (including phenoxy) is 1. The van der Waals surface area contributed by atoms with Crippen molar-refractivity contribution >= 4 is 35.5 Å². The quantitative estimate of drug-likeness (QED) is 0.245. The van der Waals surface area contributed by atoms with Crippen LogP contribution >= 0.6 is 0 Å². The molecule has 31 heavy (non-hydrogen) atoms. The number of aryl methyl sites for hydroxylation is 1. The zero-order chi connectivity index (χ0) is 22.2. The molecular weight excluding hydrogens is 398 g/mol. The number of aromatic nitrogens is 1. The summed E-state index contributed by atoms with van der Waals surface area (Å²) in [7, 11) is 0. The molecule has 1 heterocycles. The summed E-state index contributed by atoms with van der Waals surface area (Å²) >= 11 is 0. The predicted octanol–water partition coefficient (Wildman–Crippen LogP) is 2.08. The fourth-order valence-corrected chi connectivity index (χ4v) is 3.18. The Morgan fingerprint density at radius 2 is 1.87 bits per heavy atom. The maximum atomic E-state index is 12.6. The molecule has 2 aromatic rings. The molecule has 2 atom stereocenters. The predicted molar refractivity (Wildman–Crippen MR) is 116 cm³/mol. The largest absolute Gasteiger partial charge is 0.466 e. The van der Waals surface area contributed by atoms with Crippen LogP contribution < -0.4 is 16.5 Å². The lowest BCUT2D eigenvalue weighted by molar-refractivity contribution is -0.143. The molecule has 9 nitrogen and oxygen atoms in total. The SMILES string of the molecule is CCOC(=O)CCc1cccnc1NC(=O)C1CC1C(=O)Nc1ccc(C=NN)cc1. The summed E-state index contributed by atoms with van der Waals surface area (Å²) in [6.07, 6.45) is 4.15. The van der Waals surface area contributed by atoms with Gasteiger partial charge in [0.1, 0.15) is 5.82 Å². The third-order valence-corrected chi connectivity index (χ3v) is 4.90. The molecule has 0 saturated heterocycles. The Kier molecular flexibility index (Phi) is 7.31. The van der Waals surface area contributed by atoms with Crippen LogP contribution in [0.1, 0.15) is 30.9 Å². The number of hydrogen-bond donors (Lipinski definition) is 3. The minimum Gasteiger partial charge on any atom is -0.466 e. The number of hydrogen-bond acceptors (Lipinski definition) is 7. The van der Waals surface area contributed by atoms with Gasteiger partial charge in [0, 0.05) is 18.3 Å². The summed E-state index contributed by atoms with van der Waals surface area (Å²) in [5, 5.41) is 9.05. The van der Waals surface area contributed by atoms with Crippen LogP contribution in [0.5, 0.6) is 0 Å². The van der Waals surface area contributed by atoms with Crippen LogP contribution in [0.3, 0.4) is 0 Å². The number of rotatable bonds is 9. The molecule has 2 amide bonds. The number of pyridine rings is 1. The van der Waals surface area contributed by atoms with E-state index >= 15 is 0 Å². The van der Waals surface area contributed by atoms with E-state index in [4.69, 9.17) is 10.6 Å². The molecule has 3 rings (SSSR count). The van der Waals surface area contributed by atoms with Gasteiger partial charge >= 0.3 is 5.97 Å². The number of carbonyl (C=O) groups excluding carboxylic acids is 3. The van der Waals surface area contributed by atoms with E-state index in [0.29, 0.717) is 31.0 Å². The fourth-order valence-electron chi connectivity index (χ4n) is 3.18. The number of esters is 1. The molecule has 1 saturated carbocycles. The highest BCUT2D eigenvalue weighted by molar-refractivity contribution is 6.03. The Labute approximate surface area is 180 Å². The Morgan fingerprint density at radius 1 is 1.16 bits per heavy atom. The summed E-state index contributed by atoms with van der Waals surface area (Å²) in [5.74, 6) is 3.95. The Morgan fingerprint density at radius 3 is 2.55 bits per heavy atom. The summed E-state index contributed by atoms with van der Waals surface area (Å²) in [5.41, 5.74) is 2.20. The average Bonchev–Trinajstić information content (AvgIpc) is 3.56. The van der Waals surface area contributed by atoms with E-state index in [1.807, 2.05) is 0 Å². The normalized spacial score (nSPS) is 17.2. The first-order chi connectivity index (χ1) is 15.0. The smallest absolute Gasteiger partial charge is 0.306 e. The fraction of sp³-hybridized carbons (Fsp3) is 0.318. The number of nitrogens with one attached hydrogen (secondary N) is 2. The summed E-state index contributed by atoms with van der Waals surface area (Å²) < 4.78 is 4.94. The van der Waals surface area contributed by atoms with E-state index in [1.54, 1.807) is 49.5 Å². The highest BCUT2D eigenvalue weighted by atomic mass is 16.5. The molecule has 1 aromatic heterocycles. The van der Waals surface area contributed by atoms with Crippen LogP contribution in [0.15, 0.2) is 47.7 Å². The van der Waals surface area contributed by atoms with E-state index < -0.39 is 11.8 Å². The molecule has 2 unspecified atom stereocenters. The van der Waals surface area contributed by atoms with Crippen molar-refractivity contribution in [3.05, 3.63) is 53.7 Å². The summed E-state index contributed by atoms with van der Waals surface area (Å²) in [6, 6.07) is 10.6. The van der Waals surface area contributed by atoms with Gasteiger partial charge in [-0.3, -0.25) is 14.4 Å². The molecule has 0 bridgehead atoms. The monoisotopic (exact) mass is 423 g/mol. The van der Waals surface area contributed by atoms with Crippen molar-refractivity contribution in [2.75, 3.05) is 17.2 Å². The highest BCUT2D eigenvalue weighted by Gasteiger charge is 2.48. The van der Waals surface area contributed by atoms with Crippen molar-refractivity contribution in [3.63, 3.8) is 0 Å². The van der Waals surface area contributed by atoms with E-state index in [2.05, 4.69) is 20.7 Å². The molecule has 162 valence electrons. The van der Waals surface area contributed by atoms with Crippen LogP contribution in [-0.2, 0) is 25.5 Å². The van der Waals surface area contributed by atoms with Crippen molar-refractivity contribution in [1.82, 2.24) is 4.98 Å². The van der Waals surface area contributed by atoms with Crippen molar-refractivity contribution < 1.29 is 19.1 Å². The number of carbonyl (C=O) groups is 3. The van der Waals surface area contributed by atoms with Crippen LogP contribution in [0.2, 0.25) is 0 Å². The van der Waals surface area contributed by atoms with E-state index in [0.717, 1.165) is 11.1 Å². The summed E-state index contributed by atoms with van der Waals surface area (Å²) in [4.78, 5) is 40.9. The van der Waals surface area contributed by atoms with E-state index in [9.17, 15) is 14.4 Å². The number of amides is 2. The van der Waals surface area contributed by atoms with Crippen LogP contribution in [-0.4, -0.2) is 35.6 Å². The molecule has 0 radical (unpaired) electrons. The lowest BCUT2D eigenvalue weighted by Gasteiger charge is -2.10. The Balaban J connectivity index is 1.53. The van der Waals surface area contributed by atoms with Crippen molar-refractivity contribution in [2.45, 2.75) is 26.2 Å². The van der Waals surface area contributed by atoms with Gasteiger partial charge in [0.15, 0.2) is 0 Å². The maximum Gasteiger partial charge on any atom is 0.306 e. The van der Waals surface area contributed by atoms with Gasteiger partial charge in [-0.15, -0.1) is 0 Å². The minimum atomic E-state index is -0.413.